The number of allylic oxidation sites excluding steroid dienone is 1. The quantitative estimate of drug-likeness (QED) is 0.431. The van der Waals surface area contributed by atoms with Gasteiger partial charge in [0.1, 0.15) is 11.9 Å². The normalized spacial score (nSPS) is 23.8. The second-order valence-electron chi connectivity index (χ2n) is 11.3. The van der Waals surface area contributed by atoms with Crippen molar-refractivity contribution in [2.45, 2.75) is 51.5 Å². The van der Waals surface area contributed by atoms with Crippen LogP contribution in [0.15, 0.2) is 46.0 Å². The molecule has 2 aliphatic heterocycles. The second kappa shape index (κ2) is 13.2. The third-order valence-corrected chi connectivity index (χ3v) is 11.6. The number of benzene rings is 1. The van der Waals surface area contributed by atoms with E-state index in [1.54, 1.807) is 29.6 Å². The average Bonchev–Trinajstić information content (AvgIpc) is 3.57. The first-order valence-corrected chi connectivity index (χ1v) is 17.0. The highest BCUT2D eigenvalue weighted by atomic mass is 32.2. The topological polar surface area (TPSA) is 127 Å². The zero-order valence-corrected chi connectivity index (χ0v) is 26.2. The number of nitrogens with one attached hydrogen (secondary N) is 1. The highest BCUT2D eigenvalue weighted by molar-refractivity contribution is 7.89. The average molecular weight is 633 g/mol. The van der Waals surface area contributed by atoms with E-state index in [0.29, 0.717) is 84.9 Å². The minimum absolute atomic E-state index is 0.00427. The molecule has 0 bridgehead atoms. The van der Waals surface area contributed by atoms with Crippen molar-refractivity contribution in [2.24, 2.45) is 22.7 Å². The number of esters is 2. The highest BCUT2D eigenvalue weighted by Gasteiger charge is 2.39. The summed E-state index contributed by atoms with van der Waals surface area (Å²) in [7, 11) is -0.828. The van der Waals surface area contributed by atoms with Crippen molar-refractivity contribution in [3.8, 4) is 0 Å². The number of carbonyl (C=O) groups is 2. The number of amidine groups is 1. The number of aliphatic imine (C=N–C) groups is 1. The molecule has 1 saturated carbocycles. The fourth-order valence-corrected chi connectivity index (χ4v) is 8.87. The van der Waals surface area contributed by atoms with Crippen LogP contribution < -0.4 is 5.32 Å². The van der Waals surface area contributed by atoms with E-state index in [9.17, 15) is 22.4 Å². The van der Waals surface area contributed by atoms with Crippen LogP contribution in [0.3, 0.4) is 0 Å². The van der Waals surface area contributed by atoms with Crippen LogP contribution in [0.4, 0.5) is 4.39 Å². The Morgan fingerprint density at radius 3 is 2.44 bits per heavy atom. The maximum Gasteiger partial charge on any atom is 0.338 e. The first-order chi connectivity index (χ1) is 20.6. The Kier molecular flexibility index (Phi) is 9.62. The molecule has 43 heavy (non-hydrogen) atoms. The summed E-state index contributed by atoms with van der Waals surface area (Å²) in [5.74, 6) is -0.995. The van der Waals surface area contributed by atoms with Gasteiger partial charge in [0.15, 0.2) is 10.8 Å². The zero-order chi connectivity index (χ0) is 30.7. The molecule has 2 aromatic rings. The minimum Gasteiger partial charge on any atom is -0.469 e. The summed E-state index contributed by atoms with van der Waals surface area (Å²) in [6, 6.07) is 3.90. The lowest BCUT2D eigenvalue weighted by atomic mass is 9.83. The van der Waals surface area contributed by atoms with E-state index in [-0.39, 0.29) is 29.5 Å². The molecular weight excluding hydrogens is 595 g/mol. The number of piperidine rings is 1. The minimum atomic E-state index is -3.51. The van der Waals surface area contributed by atoms with Gasteiger partial charge >= 0.3 is 11.9 Å². The van der Waals surface area contributed by atoms with E-state index in [2.05, 4.69) is 10.3 Å². The van der Waals surface area contributed by atoms with Gasteiger partial charge in [0.25, 0.3) is 0 Å². The van der Waals surface area contributed by atoms with Crippen molar-refractivity contribution in [2.75, 3.05) is 33.1 Å². The monoisotopic (exact) mass is 632 g/mol. The number of hydrogen-bond donors (Lipinski definition) is 1. The summed E-state index contributed by atoms with van der Waals surface area (Å²) in [4.78, 5) is 34.4. The van der Waals surface area contributed by atoms with E-state index in [0.717, 1.165) is 0 Å². The van der Waals surface area contributed by atoms with Crippen molar-refractivity contribution in [1.82, 2.24) is 14.6 Å². The summed E-state index contributed by atoms with van der Waals surface area (Å²) in [5.41, 5.74) is 1.84. The highest BCUT2D eigenvalue weighted by Crippen LogP contribution is 2.39. The van der Waals surface area contributed by atoms with Crippen LogP contribution in [-0.2, 0) is 29.1 Å². The first kappa shape index (κ1) is 31.3. The van der Waals surface area contributed by atoms with Crippen LogP contribution in [-0.4, -0.2) is 68.5 Å². The van der Waals surface area contributed by atoms with Crippen LogP contribution >= 0.6 is 11.3 Å². The number of ether oxygens (including phenoxy) is 2. The molecule has 1 aliphatic carbocycles. The molecule has 10 nitrogen and oxygen atoms in total. The maximum atomic E-state index is 14.7. The van der Waals surface area contributed by atoms with Crippen LogP contribution in [0.1, 0.15) is 60.7 Å². The smallest absolute Gasteiger partial charge is 0.338 e. The molecule has 1 aromatic heterocycles. The van der Waals surface area contributed by atoms with Gasteiger partial charge in [0.2, 0.25) is 10.0 Å². The van der Waals surface area contributed by atoms with Crippen molar-refractivity contribution in [1.29, 1.82) is 0 Å². The Bertz CT molecular complexity index is 1510. The molecule has 0 spiro atoms. The molecule has 1 aromatic carbocycles. The van der Waals surface area contributed by atoms with Crippen molar-refractivity contribution in [3.05, 3.63) is 63.0 Å². The molecule has 1 N–H and O–H groups in total. The van der Waals surface area contributed by atoms with Crippen LogP contribution in [0.25, 0.3) is 0 Å². The summed E-state index contributed by atoms with van der Waals surface area (Å²) in [6.07, 6.45) is 5.26. The molecule has 232 valence electrons. The van der Waals surface area contributed by atoms with Gasteiger partial charge in [-0.3, -0.25) is 9.79 Å². The summed E-state index contributed by atoms with van der Waals surface area (Å²) in [6.45, 7) is 2.26. The molecule has 3 heterocycles. The van der Waals surface area contributed by atoms with Gasteiger partial charge in [-0.1, -0.05) is 12.1 Å². The molecule has 1 saturated heterocycles. The zero-order valence-electron chi connectivity index (χ0n) is 24.5. The summed E-state index contributed by atoms with van der Waals surface area (Å²) in [5, 5.41) is 5.79. The van der Waals surface area contributed by atoms with Gasteiger partial charge in [-0.15, -0.1) is 11.3 Å². The third kappa shape index (κ3) is 6.68. The Morgan fingerprint density at radius 2 is 1.81 bits per heavy atom. The molecule has 3 aliphatic rings. The molecule has 2 fully saturated rings. The largest absolute Gasteiger partial charge is 0.469 e. The summed E-state index contributed by atoms with van der Waals surface area (Å²) < 4.78 is 53.1. The van der Waals surface area contributed by atoms with Crippen LogP contribution in [0.5, 0.6) is 0 Å². The van der Waals surface area contributed by atoms with Gasteiger partial charge in [-0.05, 0) is 68.6 Å². The number of thiazole rings is 1. The Morgan fingerprint density at radius 1 is 1.09 bits per heavy atom. The van der Waals surface area contributed by atoms with Crippen LogP contribution in [0, 0.1) is 30.5 Å². The number of sulfonamides is 1. The van der Waals surface area contributed by atoms with E-state index in [1.165, 1.54) is 31.6 Å². The molecular formula is C30H37FN4O6S2. The van der Waals surface area contributed by atoms with Gasteiger partial charge in [-0.25, -0.2) is 26.9 Å². The van der Waals surface area contributed by atoms with Gasteiger partial charge < -0.3 is 14.8 Å². The molecule has 13 heteroatoms. The van der Waals surface area contributed by atoms with Gasteiger partial charge in [0, 0.05) is 36.3 Å². The van der Waals surface area contributed by atoms with Crippen LogP contribution in [0.2, 0.25) is 0 Å². The van der Waals surface area contributed by atoms with E-state index < -0.39 is 27.9 Å². The summed E-state index contributed by atoms with van der Waals surface area (Å²) >= 11 is 1.39. The van der Waals surface area contributed by atoms with E-state index >= 15 is 0 Å². The molecule has 1 atom stereocenters. The molecule has 1 unspecified atom stereocenters. The number of methoxy groups -OCH3 is 2. The maximum absolute atomic E-state index is 14.7. The lowest BCUT2D eigenvalue weighted by Crippen LogP contribution is -2.44. The first-order valence-electron chi connectivity index (χ1n) is 14.5. The Balaban J connectivity index is 1.37. The number of carbonyl (C=O) groups excluding carboxylic acids is 2. The number of nitrogens with zero attached hydrogens (tertiary/aromatic N) is 3. The number of halogens is 1. The number of hydrogen-bond acceptors (Lipinski definition) is 10. The number of aromatic nitrogens is 1. The molecule has 0 amide bonds. The Labute approximate surface area is 255 Å². The van der Waals surface area contributed by atoms with Crippen molar-refractivity contribution in [3.63, 3.8) is 0 Å². The lowest BCUT2D eigenvalue weighted by molar-refractivity contribution is -0.146. The number of rotatable bonds is 8. The van der Waals surface area contributed by atoms with Gasteiger partial charge in [0.05, 0.1) is 31.5 Å². The van der Waals surface area contributed by atoms with E-state index in [4.69, 9.17) is 14.5 Å². The predicted octanol–water partition coefficient (Wildman–Crippen LogP) is 4.13. The Hall–Kier alpha value is -3.16. The molecule has 0 radical (unpaired) electrons. The van der Waals surface area contributed by atoms with E-state index in [1.807, 2.05) is 5.38 Å². The second-order valence-corrected chi connectivity index (χ2v) is 14.2. The third-order valence-electron chi connectivity index (χ3n) is 8.80. The SMILES string of the molecule is COC(=O)C1=C(C2CCN(S(=O)(=O)CC3CCC(C(=O)OC)CC3)CC2)NC(c2nccs2)=NC1c1cccc(F)c1C. The fraction of sp³-hybridized carbons (Fsp3) is 0.533. The van der Waals surface area contributed by atoms with Crippen molar-refractivity contribution >= 4 is 39.1 Å². The fourth-order valence-electron chi connectivity index (χ4n) is 6.37. The predicted molar refractivity (Wildman–Crippen MR) is 160 cm³/mol. The standard InChI is InChI=1S/C30H37FN4O6S2/c1-18-22(5-4-6-23(18)31)26-24(30(37)41-3)25(33-27(34-26)28-32-13-16-42-28)20-11-14-35(15-12-20)43(38,39)17-19-7-9-21(10-8-19)29(36)40-2/h4-6,13,16,19-21,26H,7-12,14-15,17H2,1-3H3,(H,33,34). The van der Waals surface area contributed by atoms with Crippen molar-refractivity contribution < 1.29 is 31.9 Å². The van der Waals surface area contributed by atoms with Gasteiger partial charge in [-0.2, -0.15) is 0 Å². The molecule has 5 rings (SSSR count). The lowest BCUT2D eigenvalue weighted by Gasteiger charge is -2.37.